The molecule has 0 spiro atoms. The van der Waals surface area contributed by atoms with Crippen LogP contribution in [0.3, 0.4) is 0 Å². The third kappa shape index (κ3) is 2.20. The molecule has 2 aromatic rings. The SMILES string of the molecule is c1cnc(C2CCCC(c3ncco3)C2)cn1. The smallest absolute Gasteiger partial charge is 0.197 e. The van der Waals surface area contributed by atoms with Crippen molar-refractivity contribution < 1.29 is 4.42 Å². The number of hydrogen-bond donors (Lipinski definition) is 0. The minimum atomic E-state index is 0.436. The van der Waals surface area contributed by atoms with Gasteiger partial charge in [-0.2, -0.15) is 0 Å². The zero-order chi connectivity index (χ0) is 11.5. The first-order chi connectivity index (χ1) is 8.43. The van der Waals surface area contributed by atoms with E-state index in [1.807, 2.05) is 6.20 Å². The number of hydrogen-bond acceptors (Lipinski definition) is 4. The van der Waals surface area contributed by atoms with Gasteiger partial charge in [0.15, 0.2) is 5.89 Å². The van der Waals surface area contributed by atoms with Gasteiger partial charge in [0, 0.05) is 30.4 Å². The van der Waals surface area contributed by atoms with Crippen LogP contribution in [0.25, 0.3) is 0 Å². The van der Waals surface area contributed by atoms with Crippen molar-refractivity contribution in [2.75, 3.05) is 0 Å². The van der Waals surface area contributed by atoms with Gasteiger partial charge in [0.2, 0.25) is 0 Å². The van der Waals surface area contributed by atoms with E-state index in [1.54, 1.807) is 24.9 Å². The third-order valence-electron chi connectivity index (χ3n) is 3.48. The van der Waals surface area contributed by atoms with Crippen LogP contribution in [0.5, 0.6) is 0 Å². The lowest BCUT2D eigenvalue weighted by molar-refractivity contribution is 0.332. The summed E-state index contributed by atoms with van der Waals surface area (Å²) in [6.45, 7) is 0. The molecular formula is C13H15N3O. The maximum atomic E-state index is 5.41. The largest absolute Gasteiger partial charge is 0.449 e. The monoisotopic (exact) mass is 229 g/mol. The number of rotatable bonds is 2. The normalized spacial score (nSPS) is 24.7. The summed E-state index contributed by atoms with van der Waals surface area (Å²) in [6, 6.07) is 0. The molecule has 4 nitrogen and oxygen atoms in total. The molecule has 2 atom stereocenters. The Morgan fingerprint density at radius 1 is 1.06 bits per heavy atom. The van der Waals surface area contributed by atoms with Crippen molar-refractivity contribution in [3.8, 4) is 0 Å². The molecule has 2 heterocycles. The highest BCUT2D eigenvalue weighted by molar-refractivity contribution is 5.08. The second-order valence-electron chi connectivity index (χ2n) is 4.56. The van der Waals surface area contributed by atoms with Gasteiger partial charge in [0.25, 0.3) is 0 Å². The van der Waals surface area contributed by atoms with Gasteiger partial charge in [-0.3, -0.25) is 9.97 Å². The van der Waals surface area contributed by atoms with Crippen LogP contribution in [-0.4, -0.2) is 15.0 Å². The molecule has 4 heteroatoms. The molecule has 1 saturated carbocycles. The third-order valence-corrected chi connectivity index (χ3v) is 3.48. The van der Waals surface area contributed by atoms with E-state index >= 15 is 0 Å². The van der Waals surface area contributed by atoms with Gasteiger partial charge in [-0.05, 0) is 19.3 Å². The van der Waals surface area contributed by atoms with E-state index in [9.17, 15) is 0 Å². The molecule has 1 aliphatic carbocycles. The molecular weight excluding hydrogens is 214 g/mol. The predicted molar refractivity (Wildman–Crippen MR) is 62.5 cm³/mol. The molecule has 2 aromatic heterocycles. The van der Waals surface area contributed by atoms with Crippen molar-refractivity contribution in [3.63, 3.8) is 0 Å². The molecule has 0 aliphatic heterocycles. The first-order valence-electron chi connectivity index (χ1n) is 6.09. The molecule has 0 amide bonds. The summed E-state index contributed by atoms with van der Waals surface area (Å²) in [6.07, 6.45) is 13.4. The highest BCUT2D eigenvalue weighted by atomic mass is 16.3. The Kier molecular flexibility index (Phi) is 2.86. The first-order valence-corrected chi connectivity index (χ1v) is 6.09. The van der Waals surface area contributed by atoms with E-state index in [2.05, 4.69) is 15.0 Å². The average molecular weight is 229 g/mol. The second-order valence-corrected chi connectivity index (χ2v) is 4.56. The van der Waals surface area contributed by atoms with E-state index in [0.29, 0.717) is 11.8 Å². The Morgan fingerprint density at radius 2 is 2.00 bits per heavy atom. The van der Waals surface area contributed by atoms with Gasteiger partial charge >= 0.3 is 0 Å². The molecule has 1 fully saturated rings. The van der Waals surface area contributed by atoms with Crippen LogP contribution in [0.1, 0.15) is 49.1 Å². The predicted octanol–water partition coefficient (Wildman–Crippen LogP) is 2.91. The quantitative estimate of drug-likeness (QED) is 0.794. The Labute approximate surface area is 100 Å². The van der Waals surface area contributed by atoms with Crippen molar-refractivity contribution in [2.45, 2.75) is 37.5 Å². The fourth-order valence-corrected chi connectivity index (χ4v) is 2.64. The summed E-state index contributed by atoms with van der Waals surface area (Å²) in [5.41, 5.74) is 1.10. The molecule has 0 bridgehead atoms. The maximum Gasteiger partial charge on any atom is 0.197 e. The Morgan fingerprint density at radius 3 is 2.76 bits per heavy atom. The highest BCUT2D eigenvalue weighted by Gasteiger charge is 2.27. The van der Waals surface area contributed by atoms with Gasteiger partial charge in [-0.15, -0.1) is 0 Å². The number of aromatic nitrogens is 3. The fraction of sp³-hybridized carbons (Fsp3) is 0.462. The Balaban J connectivity index is 1.76. The molecule has 17 heavy (non-hydrogen) atoms. The topological polar surface area (TPSA) is 51.8 Å². The molecule has 88 valence electrons. The van der Waals surface area contributed by atoms with E-state index in [4.69, 9.17) is 4.42 Å². The van der Waals surface area contributed by atoms with Gasteiger partial charge < -0.3 is 4.42 Å². The van der Waals surface area contributed by atoms with E-state index in [1.165, 1.54) is 12.8 Å². The zero-order valence-corrected chi connectivity index (χ0v) is 9.62. The molecule has 2 unspecified atom stereocenters. The van der Waals surface area contributed by atoms with Crippen molar-refractivity contribution >= 4 is 0 Å². The highest BCUT2D eigenvalue weighted by Crippen LogP contribution is 2.39. The first kappa shape index (κ1) is 10.4. The van der Waals surface area contributed by atoms with Crippen molar-refractivity contribution in [3.05, 3.63) is 42.6 Å². The standard InChI is InChI=1S/C13H15N3O/c1-2-10(12-9-14-4-5-15-12)8-11(3-1)13-16-6-7-17-13/h4-7,9-11H,1-3,8H2. The molecule has 0 aromatic carbocycles. The molecule has 0 saturated heterocycles. The van der Waals surface area contributed by atoms with E-state index in [-0.39, 0.29) is 0 Å². The molecule has 1 aliphatic rings. The van der Waals surface area contributed by atoms with Crippen LogP contribution in [0, 0.1) is 0 Å². The summed E-state index contributed by atoms with van der Waals surface area (Å²) < 4.78 is 5.41. The second kappa shape index (κ2) is 4.65. The van der Waals surface area contributed by atoms with Gasteiger partial charge in [-0.25, -0.2) is 4.98 Å². The van der Waals surface area contributed by atoms with Crippen LogP contribution in [0.4, 0.5) is 0 Å². The van der Waals surface area contributed by atoms with Crippen molar-refractivity contribution in [2.24, 2.45) is 0 Å². The van der Waals surface area contributed by atoms with Crippen molar-refractivity contribution in [1.82, 2.24) is 15.0 Å². The summed E-state index contributed by atoms with van der Waals surface area (Å²) in [7, 11) is 0. The van der Waals surface area contributed by atoms with Crippen LogP contribution in [-0.2, 0) is 0 Å². The lowest BCUT2D eigenvalue weighted by Crippen LogP contribution is -2.14. The summed E-state index contributed by atoms with van der Waals surface area (Å²) in [5, 5.41) is 0. The molecule has 3 rings (SSSR count). The zero-order valence-electron chi connectivity index (χ0n) is 9.62. The summed E-state index contributed by atoms with van der Waals surface area (Å²) >= 11 is 0. The lowest BCUT2D eigenvalue weighted by Gasteiger charge is -2.26. The Bertz CT molecular complexity index is 455. The number of oxazole rings is 1. The van der Waals surface area contributed by atoms with Gasteiger partial charge in [0.1, 0.15) is 6.26 Å². The average Bonchev–Trinajstić information content (AvgIpc) is 2.94. The minimum absolute atomic E-state index is 0.436. The lowest BCUT2D eigenvalue weighted by atomic mass is 9.80. The number of nitrogens with zero attached hydrogens (tertiary/aromatic N) is 3. The molecule has 0 N–H and O–H groups in total. The summed E-state index contributed by atoms with van der Waals surface area (Å²) in [4.78, 5) is 12.8. The minimum Gasteiger partial charge on any atom is -0.449 e. The molecule has 0 radical (unpaired) electrons. The van der Waals surface area contributed by atoms with E-state index < -0.39 is 0 Å². The Hall–Kier alpha value is -1.71. The van der Waals surface area contributed by atoms with Gasteiger partial charge in [0.05, 0.1) is 11.9 Å². The van der Waals surface area contributed by atoms with Crippen LogP contribution in [0.15, 0.2) is 35.5 Å². The summed E-state index contributed by atoms with van der Waals surface area (Å²) in [5.74, 6) is 1.80. The maximum absolute atomic E-state index is 5.41. The fourth-order valence-electron chi connectivity index (χ4n) is 2.64. The van der Waals surface area contributed by atoms with E-state index in [0.717, 1.165) is 24.4 Å². The van der Waals surface area contributed by atoms with Crippen LogP contribution >= 0.6 is 0 Å². The van der Waals surface area contributed by atoms with Crippen molar-refractivity contribution in [1.29, 1.82) is 0 Å². The van der Waals surface area contributed by atoms with Gasteiger partial charge in [-0.1, -0.05) is 6.42 Å². The van der Waals surface area contributed by atoms with Crippen LogP contribution < -0.4 is 0 Å². The van der Waals surface area contributed by atoms with Crippen LogP contribution in [0.2, 0.25) is 0 Å².